The molecule has 0 radical (unpaired) electrons. The second-order valence-corrected chi connectivity index (χ2v) is 5.24. The molecule has 1 aromatic heterocycles. The lowest BCUT2D eigenvalue weighted by Gasteiger charge is -2.21. The molecule has 0 saturated carbocycles. The van der Waals surface area contributed by atoms with Crippen LogP contribution in [0.3, 0.4) is 0 Å². The maximum atomic E-state index is 9.28. The van der Waals surface area contributed by atoms with Crippen LogP contribution in [0.1, 0.15) is 16.5 Å². The first kappa shape index (κ1) is 12.8. The quantitative estimate of drug-likeness (QED) is 0.819. The molecule has 0 bridgehead atoms. The van der Waals surface area contributed by atoms with Crippen LogP contribution in [0.15, 0.2) is 47.8 Å². The van der Waals surface area contributed by atoms with Crippen molar-refractivity contribution in [1.29, 1.82) is 5.26 Å². The molecule has 0 N–H and O–H groups in total. The molecule has 3 heteroatoms. The number of rotatable bonds is 5. The third-order valence-electron chi connectivity index (χ3n) is 2.97. The van der Waals surface area contributed by atoms with Crippen molar-refractivity contribution in [3.63, 3.8) is 0 Å². The van der Waals surface area contributed by atoms with Crippen molar-refractivity contribution in [1.82, 2.24) is 4.90 Å². The van der Waals surface area contributed by atoms with E-state index in [1.165, 1.54) is 5.56 Å². The van der Waals surface area contributed by atoms with Crippen LogP contribution in [-0.4, -0.2) is 18.5 Å². The number of hydrogen-bond acceptors (Lipinski definition) is 3. The molecule has 0 aliphatic rings. The lowest BCUT2D eigenvalue weighted by Crippen LogP contribution is -2.25. The first-order valence-corrected chi connectivity index (χ1v) is 6.86. The lowest BCUT2D eigenvalue weighted by atomic mass is 10.1. The smallest absolute Gasteiger partial charge is 0.132 e. The van der Waals surface area contributed by atoms with Gasteiger partial charge in [0.05, 0.1) is 6.07 Å². The first-order chi connectivity index (χ1) is 8.81. The van der Waals surface area contributed by atoms with Crippen LogP contribution >= 0.6 is 11.3 Å². The number of benzene rings is 1. The Labute approximate surface area is 112 Å². The zero-order chi connectivity index (χ0) is 12.8. The van der Waals surface area contributed by atoms with Crippen LogP contribution in [0.4, 0.5) is 0 Å². The molecular weight excluding hydrogens is 240 g/mol. The Hall–Kier alpha value is -1.63. The van der Waals surface area contributed by atoms with E-state index in [9.17, 15) is 5.26 Å². The summed E-state index contributed by atoms with van der Waals surface area (Å²) in [5.41, 5.74) is 1.31. The zero-order valence-corrected chi connectivity index (χ0v) is 11.2. The second-order valence-electron chi connectivity index (χ2n) is 4.26. The highest BCUT2D eigenvalue weighted by atomic mass is 32.1. The van der Waals surface area contributed by atoms with E-state index >= 15 is 0 Å². The molecule has 1 aromatic carbocycles. The minimum atomic E-state index is -0.131. The molecule has 0 saturated heterocycles. The molecule has 2 nitrogen and oxygen atoms in total. The van der Waals surface area contributed by atoms with Gasteiger partial charge in [-0.2, -0.15) is 5.26 Å². The van der Waals surface area contributed by atoms with Crippen LogP contribution in [0.5, 0.6) is 0 Å². The van der Waals surface area contributed by atoms with Crippen molar-refractivity contribution in [2.24, 2.45) is 0 Å². The average molecular weight is 256 g/mol. The summed E-state index contributed by atoms with van der Waals surface area (Å²) in [7, 11) is 2.01. The predicted molar refractivity (Wildman–Crippen MR) is 75.4 cm³/mol. The summed E-state index contributed by atoms with van der Waals surface area (Å²) >= 11 is 1.64. The Morgan fingerprint density at radius 3 is 2.61 bits per heavy atom. The van der Waals surface area contributed by atoms with Gasteiger partial charge in [0.15, 0.2) is 0 Å². The molecule has 1 atom stereocenters. The fourth-order valence-electron chi connectivity index (χ4n) is 1.91. The predicted octanol–water partition coefficient (Wildman–Crippen LogP) is 3.49. The van der Waals surface area contributed by atoms with Crippen molar-refractivity contribution in [2.75, 3.05) is 13.6 Å². The molecule has 0 aliphatic heterocycles. The summed E-state index contributed by atoms with van der Waals surface area (Å²) in [6.07, 6.45) is 0.973. The van der Waals surface area contributed by atoms with Crippen LogP contribution in [0.25, 0.3) is 0 Å². The SMILES string of the molecule is CN(CCc1ccccc1)C(C#N)c1cccs1. The van der Waals surface area contributed by atoms with Crippen LogP contribution in [0, 0.1) is 11.3 Å². The molecule has 0 spiro atoms. The Morgan fingerprint density at radius 2 is 2.00 bits per heavy atom. The molecule has 18 heavy (non-hydrogen) atoms. The maximum Gasteiger partial charge on any atom is 0.132 e. The van der Waals surface area contributed by atoms with Crippen molar-refractivity contribution >= 4 is 11.3 Å². The maximum absolute atomic E-state index is 9.28. The van der Waals surface area contributed by atoms with Crippen LogP contribution < -0.4 is 0 Å². The topological polar surface area (TPSA) is 27.0 Å². The van der Waals surface area contributed by atoms with Gasteiger partial charge in [-0.05, 0) is 30.5 Å². The number of nitriles is 1. The van der Waals surface area contributed by atoms with Gasteiger partial charge in [0, 0.05) is 11.4 Å². The van der Waals surface area contributed by atoms with Gasteiger partial charge in [0.1, 0.15) is 6.04 Å². The van der Waals surface area contributed by atoms with E-state index in [2.05, 4.69) is 35.2 Å². The van der Waals surface area contributed by atoms with Gasteiger partial charge in [0.2, 0.25) is 0 Å². The molecule has 1 heterocycles. The second kappa shape index (κ2) is 6.34. The van der Waals surface area contributed by atoms with Gasteiger partial charge in [-0.3, -0.25) is 4.90 Å². The van der Waals surface area contributed by atoms with E-state index in [4.69, 9.17) is 0 Å². The van der Waals surface area contributed by atoms with E-state index < -0.39 is 0 Å². The first-order valence-electron chi connectivity index (χ1n) is 5.98. The summed E-state index contributed by atoms with van der Waals surface area (Å²) in [5.74, 6) is 0. The van der Waals surface area contributed by atoms with Crippen LogP contribution in [0.2, 0.25) is 0 Å². The van der Waals surface area contributed by atoms with E-state index in [0.717, 1.165) is 17.8 Å². The van der Waals surface area contributed by atoms with Crippen molar-refractivity contribution in [3.05, 3.63) is 58.3 Å². The normalized spacial score (nSPS) is 12.3. The van der Waals surface area contributed by atoms with E-state index in [1.807, 2.05) is 30.6 Å². The molecule has 0 amide bonds. The number of likely N-dealkylation sites (N-methyl/N-ethyl adjacent to an activating group) is 1. The summed E-state index contributed by atoms with van der Waals surface area (Å²) < 4.78 is 0. The zero-order valence-electron chi connectivity index (χ0n) is 10.4. The number of nitrogens with zero attached hydrogens (tertiary/aromatic N) is 2. The third-order valence-corrected chi connectivity index (χ3v) is 3.90. The molecule has 2 rings (SSSR count). The minimum absolute atomic E-state index is 0.131. The number of hydrogen-bond donors (Lipinski definition) is 0. The highest BCUT2D eigenvalue weighted by molar-refractivity contribution is 7.10. The molecule has 2 aromatic rings. The number of thiophene rings is 1. The summed E-state index contributed by atoms with van der Waals surface area (Å²) in [5, 5.41) is 11.3. The highest BCUT2D eigenvalue weighted by Gasteiger charge is 2.16. The van der Waals surface area contributed by atoms with E-state index in [1.54, 1.807) is 11.3 Å². The van der Waals surface area contributed by atoms with Crippen molar-refractivity contribution in [3.8, 4) is 6.07 Å². The molecule has 0 aliphatic carbocycles. The Morgan fingerprint density at radius 1 is 1.22 bits per heavy atom. The van der Waals surface area contributed by atoms with Gasteiger partial charge in [-0.1, -0.05) is 36.4 Å². The fraction of sp³-hybridized carbons (Fsp3) is 0.267. The standard InChI is InChI=1S/C15H16N2S/c1-17(10-9-13-6-3-2-4-7-13)14(12-16)15-8-5-11-18-15/h2-8,11,14H,9-10H2,1H3. The Balaban J connectivity index is 1.95. The van der Waals surface area contributed by atoms with Gasteiger partial charge >= 0.3 is 0 Å². The summed E-state index contributed by atoms with van der Waals surface area (Å²) in [6.45, 7) is 0.889. The minimum Gasteiger partial charge on any atom is -0.286 e. The lowest BCUT2D eigenvalue weighted by molar-refractivity contribution is 0.298. The monoisotopic (exact) mass is 256 g/mol. The molecule has 0 fully saturated rings. The summed E-state index contributed by atoms with van der Waals surface area (Å²) in [4.78, 5) is 3.23. The van der Waals surface area contributed by atoms with Crippen LogP contribution in [-0.2, 0) is 6.42 Å². The average Bonchev–Trinajstić information content (AvgIpc) is 2.92. The third kappa shape index (κ3) is 3.19. The van der Waals surface area contributed by atoms with Gasteiger partial charge in [0.25, 0.3) is 0 Å². The van der Waals surface area contributed by atoms with E-state index in [-0.39, 0.29) is 6.04 Å². The molecule has 1 unspecified atom stereocenters. The molecular formula is C15H16N2S. The fourth-order valence-corrected chi connectivity index (χ4v) is 2.74. The highest BCUT2D eigenvalue weighted by Crippen LogP contribution is 2.23. The van der Waals surface area contributed by atoms with Gasteiger partial charge in [-0.15, -0.1) is 11.3 Å². The van der Waals surface area contributed by atoms with Crippen molar-refractivity contribution < 1.29 is 0 Å². The van der Waals surface area contributed by atoms with Gasteiger partial charge < -0.3 is 0 Å². The Kier molecular flexibility index (Phi) is 4.52. The van der Waals surface area contributed by atoms with E-state index in [0.29, 0.717) is 0 Å². The molecule has 92 valence electrons. The Bertz CT molecular complexity index is 499. The van der Waals surface area contributed by atoms with Gasteiger partial charge in [-0.25, -0.2) is 0 Å². The van der Waals surface area contributed by atoms with Crippen molar-refractivity contribution in [2.45, 2.75) is 12.5 Å². The summed E-state index contributed by atoms with van der Waals surface area (Å²) in [6, 6.07) is 16.6. The largest absolute Gasteiger partial charge is 0.286 e.